The van der Waals surface area contributed by atoms with Crippen LogP contribution in [0.4, 0.5) is 0 Å². The average molecular weight is 614 g/mol. The van der Waals surface area contributed by atoms with Gasteiger partial charge in [-0.3, -0.25) is 9.79 Å². The first kappa shape index (κ1) is 30.1. The van der Waals surface area contributed by atoms with Gasteiger partial charge in [0.05, 0.1) is 49.0 Å². The Bertz CT molecular complexity index is 1340. The van der Waals surface area contributed by atoms with Crippen molar-refractivity contribution >= 4 is 18.2 Å². The van der Waals surface area contributed by atoms with Crippen molar-refractivity contribution in [2.24, 2.45) is 45.4 Å². The van der Waals surface area contributed by atoms with Crippen LogP contribution in [0.5, 0.6) is 5.75 Å². The second kappa shape index (κ2) is 10.5. The number of hydrogen-bond donors (Lipinski definition) is 1. The molecule has 6 aliphatic rings. The number of carbonyl (C=O) groups excluding carboxylic acids is 2. The lowest BCUT2D eigenvalue weighted by atomic mass is 9.44. The molecule has 11 heteroatoms. The zero-order valence-corrected chi connectivity index (χ0v) is 26.1. The van der Waals surface area contributed by atoms with Crippen LogP contribution in [0.2, 0.25) is 0 Å². The molecule has 5 saturated carbocycles. The number of hydrogen-bond acceptors (Lipinski definition) is 11. The molecule has 0 amide bonds. The van der Waals surface area contributed by atoms with Gasteiger partial charge in [-0.05, 0) is 48.9 Å². The number of ether oxygens (including phenoxy) is 7. The number of carbonyl (C=O) groups is 2. The normalized spacial score (nSPS) is 47.3. The van der Waals surface area contributed by atoms with Gasteiger partial charge in [-0.1, -0.05) is 0 Å². The lowest BCUT2D eigenvalue weighted by molar-refractivity contribution is -0.227. The van der Waals surface area contributed by atoms with Gasteiger partial charge in [0.15, 0.2) is 0 Å². The largest absolute Gasteiger partial charge is 0.497 e. The van der Waals surface area contributed by atoms with E-state index in [9.17, 15) is 14.7 Å². The summed E-state index contributed by atoms with van der Waals surface area (Å²) in [6, 6.07) is 6.63. The van der Waals surface area contributed by atoms with Gasteiger partial charge in [0, 0.05) is 71.2 Å². The fourth-order valence-electron chi connectivity index (χ4n) is 11.3. The number of benzene rings is 1. The van der Waals surface area contributed by atoms with Crippen LogP contribution in [-0.4, -0.2) is 108 Å². The second-order valence-corrected chi connectivity index (χ2v) is 13.6. The minimum absolute atomic E-state index is 0.00672. The van der Waals surface area contributed by atoms with Gasteiger partial charge in [-0.2, -0.15) is 0 Å². The van der Waals surface area contributed by atoms with Crippen LogP contribution in [0.15, 0.2) is 29.3 Å². The summed E-state index contributed by atoms with van der Waals surface area (Å²) < 4.78 is 42.3. The highest BCUT2D eigenvalue weighted by atomic mass is 16.6. The molecule has 1 aromatic rings. The Morgan fingerprint density at radius 3 is 2.27 bits per heavy atom. The third kappa shape index (κ3) is 3.64. The molecule has 1 unspecified atom stereocenters. The Hall–Kier alpha value is -2.57. The Labute approximate surface area is 257 Å². The van der Waals surface area contributed by atoms with E-state index in [0.717, 1.165) is 0 Å². The topological polar surface area (TPSA) is 131 Å². The highest BCUT2D eigenvalue weighted by molar-refractivity contribution is 5.89. The molecule has 44 heavy (non-hydrogen) atoms. The first-order valence-corrected chi connectivity index (χ1v) is 15.5. The van der Waals surface area contributed by atoms with Crippen molar-refractivity contribution in [3.63, 3.8) is 0 Å². The number of aliphatic hydroxyl groups is 1. The first-order valence-electron chi connectivity index (χ1n) is 15.5. The molecule has 1 spiro atoms. The number of methoxy groups -OCH3 is 5. The zero-order chi connectivity index (χ0) is 31.2. The maximum absolute atomic E-state index is 13.6. The van der Waals surface area contributed by atoms with E-state index in [-0.39, 0.29) is 53.8 Å². The third-order valence-corrected chi connectivity index (χ3v) is 12.4. The molecule has 0 radical (unpaired) electrons. The predicted molar refractivity (Wildman–Crippen MR) is 155 cm³/mol. The number of esters is 2. The molecule has 1 heterocycles. The Balaban J connectivity index is 1.37. The molecule has 5 fully saturated rings. The van der Waals surface area contributed by atoms with Crippen LogP contribution >= 0.6 is 0 Å². The summed E-state index contributed by atoms with van der Waals surface area (Å²) in [7, 11) is 8.27. The van der Waals surface area contributed by atoms with Crippen molar-refractivity contribution in [2.45, 2.75) is 68.3 Å². The molecule has 7 bridgehead atoms. The van der Waals surface area contributed by atoms with E-state index in [2.05, 4.69) is 0 Å². The quantitative estimate of drug-likeness (QED) is 0.414. The fraction of sp³-hybridized carbons (Fsp3) is 0.727. The van der Waals surface area contributed by atoms with Crippen LogP contribution in [0.1, 0.15) is 36.5 Å². The van der Waals surface area contributed by atoms with Gasteiger partial charge in [0.1, 0.15) is 23.6 Å². The minimum atomic E-state index is -1.41. The van der Waals surface area contributed by atoms with Gasteiger partial charge in [-0.25, -0.2) is 4.79 Å². The molecule has 11 nitrogen and oxygen atoms in total. The SMILES string of the molecule is COC[C@@]12C=NC3[C@H]4[C@H]5C[C@H](OC)[C@@]6(O)C[C@H]([C@@H]5[C@H]6OC(=O)c5ccc(OC)cc5)[C@]3([C@@H](OC)C[C@H]1OC(C)=O)[C@@H]2[C@H]4OC. The molecular weight excluding hydrogens is 570 g/mol. The summed E-state index contributed by atoms with van der Waals surface area (Å²) in [6.45, 7) is 1.71. The van der Waals surface area contributed by atoms with E-state index in [4.69, 9.17) is 38.2 Å². The van der Waals surface area contributed by atoms with E-state index in [1.165, 1.54) is 6.92 Å². The smallest absolute Gasteiger partial charge is 0.338 e. The summed E-state index contributed by atoms with van der Waals surface area (Å²) in [5, 5.41) is 12.5. The van der Waals surface area contributed by atoms with Crippen LogP contribution in [-0.2, 0) is 33.2 Å². The van der Waals surface area contributed by atoms with E-state index in [1.54, 1.807) is 59.8 Å². The van der Waals surface area contributed by atoms with E-state index >= 15 is 0 Å². The minimum Gasteiger partial charge on any atom is -0.497 e. The number of rotatable bonds is 9. The van der Waals surface area contributed by atoms with Gasteiger partial charge in [0.25, 0.3) is 0 Å². The van der Waals surface area contributed by atoms with Crippen molar-refractivity contribution < 1.29 is 47.9 Å². The highest BCUT2D eigenvalue weighted by Crippen LogP contribution is 2.78. The molecule has 240 valence electrons. The molecule has 14 atom stereocenters. The van der Waals surface area contributed by atoms with Crippen molar-refractivity contribution in [1.82, 2.24) is 0 Å². The summed E-state index contributed by atoms with van der Waals surface area (Å²) in [4.78, 5) is 31.4. The van der Waals surface area contributed by atoms with Crippen LogP contribution in [0.3, 0.4) is 0 Å². The molecule has 1 N–H and O–H groups in total. The zero-order valence-electron chi connectivity index (χ0n) is 26.1. The average Bonchev–Trinajstić information content (AvgIpc) is 3.33. The second-order valence-electron chi connectivity index (χ2n) is 13.6. The van der Waals surface area contributed by atoms with E-state index < -0.39 is 40.7 Å². The summed E-state index contributed by atoms with van der Waals surface area (Å²) >= 11 is 0. The lowest BCUT2D eigenvalue weighted by Crippen LogP contribution is -2.71. The van der Waals surface area contributed by atoms with Crippen molar-refractivity contribution in [2.75, 3.05) is 42.2 Å². The fourth-order valence-corrected chi connectivity index (χ4v) is 11.3. The van der Waals surface area contributed by atoms with Crippen molar-refractivity contribution in [3.05, 3.63) is 29.8 Å². The van der Waals surface area contributed by atoms with Crippen LogP contribution in [0, 0.1) is 40.4 Å². The molecule has 7 rings (SSSR count). The lowest BCUT2D eigenvalue weighted by Gasteiger charge is -2.64. The maximum atomic E-state index is 13.6. The van der Waals surface area contributed by atoms with Crippen molar-refractivity contribution in [3.8, 4) is 5.75 Å². The Kier molecular flexibility index (Phi) is 7.17. The molecule has 1 aliphatic heterocycles. The van der Waals surface area contributed by atoms with Gasteiger partial charge in [-0.15, -0.1) is 0 Å². The monoisotopic (exact) mass is 613 g/mol. The molecule has 0 aromatic heterocycles. The van der Waals surface area contributed by atoms with Gasteiger partial charge < -0.3 is 38.3 Å². The standard InChI is InChI=1S/C33H43NO10/c1-16(35)43-21-12-23(41-5)33-20-13-32(37)22(40-4)11-19(24(20)29(32)44-30(36)17-7-9-18(39-3)10-8-17)25-26(42-6)27(33)31(21,15-38-2)14-34-28(25)33/h7-10,14,19-29,37H,11-13,15H2,1-6H3/t19-,20+,21+,22-,23-,24+,25-,26-,27+,28?,29+,31-,32-,33-/m0/s1. The van der Waals surface area contributed by atoms with Gasteiger partial charge >= 0.3 is 11.9 Å². The number of nitrogens with zero attached hydrogens (tertiary/aromatic N) is 1. The number of aliphatic imine (C=N–C) groups is 1. The third-order valence-electron chi connectivity index (χ3n) is 12.4. The van der Waals surface area contributed by atoms with Gasteiger partial charge in [0.2, 0.25) is 0 Å². The number of fused-ring (bicyclic) bond motifs is 2. The molecule has 0 saturated heterocycles. The van der Waals surface area contributed by atoms with Crippen LogP contribution < -0.4 is 4.74 Å². The molecule has 5 aliphatic carbocycles. The molecule has 1 aromatic carbocycles. The molecular formula is C33H43NO10. The van der Waals surface area contributed by atoms with E-state index in [0.29, 0.717) is 37.2 Å². The Morgan fingerprint density at radius 1 is 0.932 bits per heavy atom. The van der Waals surface area contributed by atoms with Crippen LogP contribution in [0.25, 0.3) is 0 Å². The maximum Gasteiger partial charge on any atom is 0.338 e. The summed E-state index contributed by atoms with van der Waals surface area (Å²) in [6.07, 6.45) is 0.905. The summed E-state index contributed by atoms with van der Waals surface area (Å²) in [5.41, 5.74) is -2.36. The highest BCUT2D eigenvalue weighted by Gasteiger charge is 2.85. The first-order chi connectivity index (χ1) is 21.2. The van der Waals surface area contributed by atoms with E-state index in [1.807, 2.05) is 6.21 Å². The predicted octanol–water partition coefficient (Wildman–Crippen LogP) is 2.32. The summed E-state index contributed by atoms with van der Waals surface area (Å²) in [5.74, 6) is -0.780. The van der Waals surface area contributed by atoms with Crippen molar-refractivity contribution in [1.29, 1.82) is 0 Å². The Morgan fingerprint density at radius 2 is 1.66 bits per heavy atom.